The van der Waals surface area contributed by atoms with E-state index in [2.05, 4.69) is 4.74 Å². The number of carbonyl (C=O) groups is 2. The van der Waals surface area contributed by atoms with Gasteiger partial charge in [-0.3, -0.25) is 9.59 Å². The Bertz CT molecular complexity index is 1120. The minimum atomic E-state index is -5.88. The molecule has 2 rings (SSSR count). The van der Waals surface area contributed by atoms with Gasteiger partial charge >= 0.3 is 30.9 Å². The molecule has 0 aliphatic carbocycles. The van der Waals surface area contributed by atoms with Crippen LogP contribution < -0.4 is 9.47 Å². The zero-order valence-electron chi connectivity index (χ0n) is 20.3. The minimum Gasteiger partial charge on any atom is -0.489 e. The molecule has 0 aliphatic rings. The summed E-state index contributed by atoms with van der Waals surface area (Å²) in [4.78, 5) is 20.7. The zero-order valence-corrected chi connectivity index (χ0v) is 20.3. The molecule has 0 spiro atoms. The number of para-hydroxylation sites is 1. The van der Waals surface area contributed by atoms with Gasteiger partial charge < -0.3 is 19.3 Å². The van der Waals surface area contributed by atoms with E-state index in [-0.39, 0.29) is 18.6 Å². The Morgan fingerprint density at radius 1 is 0.850 bits per heavy atom. The highest BCUT2D eigenvalue weighted by Gasteiger charge is 2.54. The molecule has 0 amide bonds. The first kappa shape index (κ1) is 32.5. The molecular formula is C24H22F9NO6. The summed E-state index contributed by atoms with van der Waals surface area (Å²) in [5.41, 5.74) is 0.817. The third-order valence-corrected chi connectivity index (χ3v) is 5.05. The lowest BCUT2D eigenvalue weighted by Crippen LogP contribution is -2.52. The maximum absolute atomic E-state index is 13.1. The average molecular weight is 591 g/mol. The van der Waals surface area contributed by atoms with E-state index in [0.717, 1.165) is 12.1 Å². The Morgan fingerprint density at radius 3 is 2.10 bits per heavy atom. The van der Waals surface area contributed by atoms with Crippen LogP contribution in [0.1, 0.15) is 24.0 Å². The summed E-state index contributed by atoms with van der Waals surface area (Å²) in [6, 6.07) is 10.9. The highest BCUT2D eigenvalue weighted by Crippen LogP contribution is 2.34. The molecular weight excluding hydrogens is 569 g/mol. The van der Waals surface area contributed by atoms with Crippen LogP contribution in [-0.2, 0) is 27.2 Å². The number of alkyl halides is 9. The summed E-state index contributed by atoms with van der Waals surface area (Å²) in [6.07, 6.45) is -20.1. The SMILES string of the molecule is O=C(O)CCC(=O)OC(COc1ccccc1CCc1cccc(OC(F)(F)F)c1)CN(C(F)(F)F)C(F)(F)F. The second-order valence-corrected chi connectivity index (χ2v) is 8.17. The number of carboxylic acid groups (broad SMARTS) is 1. The standard InChI is InChI=1S/C24H22F9NO6/c25-22(26,27)34(23(28,29)30)13-18(39-21(37)11-10-20(35)36)14-38-19-7-2-1-5-16(19)9-8-15-4-3-6-17(12-15)40-24(31,32)33/h1-7,12,18H,8-11,13-14H2,(H,35,36). The second kappa shape index (κ2) is 13.6. The monoisotopic (exact) mass is 591 g/mol. The highest BCUT2D eigenvalue weighted by molar-refractivity contribution is 5.76. The summed E-state index contributed by atoms with van der Waals surface area (Å²) in [6.45, 7) is -2.85. The Morgan fingerprint density at radius 2 is 1.50 bits per heavy atom. The quantitative estimate of drug-likeness (QED) is 0.177. The van der Waals surface area contributed by atoms with E-state index >= 15 is 0 Å². The van der Waals surface area contributed by atoms with Gasteiger partial charge in [0.25, 0.3) is 0 Å². The molecule has 0 saturated heterocycles. The number of halogens is 9. The third-order valence-electron chi connectivity index (χ3n) is 5.05. The van der Waals surface area contributed by atoms with Crippen LogP contribution in [0.4, 0.5) is 39.5 Å². The van der Waals surface area contributed by atoms with Gasteiger partial charge in [-0.2, -0.15) is 26.3 Å². The van der Waals surface area contributed by atoms with Gasteiger partial charge in [-0.05, 0) is 42.2 Å². The largest absolute Gasteiger partial charge is 0.573 e. The molecule has 2 aromatic rings. The van der Waals surface area contributed by atoms with Gasteiger partial charge in [-0.15, -0.1) is 18.1 Å². The minimum absolute atomic E-state index is 0.00217. The van der Waals surface area contributed by atoms with Gasteiger partial charge in [0.05, 0.1) is 19.4 Å². The van der Waals surface area contributed by atoms with Crippen molar-refractivity contribution in [2.24, 2.45) is 0 Å². The second-order valence-electron chi connectivity index (χ2n) is 8.17. The van der Waals surface area contributed by atoms with Crippen molar-refractivity contribution in [3.8, 4) is 11.5 Å². The molecule has 16 heteroatoms. The van der Waals surface area contributed by atoms with Crippen molar-refractivity contribution in [3.63, 3.8) is 0 Å². The van der Waals surface area contributed by atoms with Crippen molar-refractivity contribution < 1.29 is 68.4 Å². The van der Waals surface area contributed by atoms with Crippen LogP contribution in [0.5, 0.6) is 11.5 Å². The molecule has 0 heterocycles. The molecule has 7 nitrogen and oxygen atoms in total. The molecule has 1 unspecified atom stereocenters. The van der Waals surface area contributed by atoms with E-state index in [1.165, 1.54) is 30.3 Å². The molecule has 0 aliphatic heterocycles. The molecule has 2 aromatic carbocycles. The number of carboxylic acids is 1. The Labute approximate surface area is 221 Å². The maximum atomic E-state index is 13.1. The average Bonchev–Trinajstić information content (AvgIpc) is 2.81. The van der Waals surface area contributed by atoms with Crippen LogP contribution in [0.25, 0.3) is 0 Å². The van der Waals surface area contributed by atoms with Crippen LogP contribution in [0, 0.1) is 0 Å². The normalized spacial score (nSPS) is 13.2. The third kappa shape index (κ3) is 11.6. The van der Waals surface area contributed by atoms with Gasteiger partial charge in [-0.25, -0.2) is 0 Å². The van der Waals surface area contributed by atoms with Crippen LogP contribution in [0.15, 0.2) is 48.5 Å². The number of rotatable bonds is 13. The van der Waals surface area contributed by atoms with Crippen LogP contribution in [-0.4, -0.2) is 60.2 Å². The van der Waals surface area contributed by atoms with E-state index in [4.69, 9.17) is 14.6 Å². The predicted molar refractivity (Wildman–Crippen MR) is 118 cm³/mol. The fourth-order valence-corrected chi connectivity index (χ4v) is 3.34. The number of benzene rings is 2. The smallest absolute Gasteiger partial charge is 0.489 e. The number of ether oxygens (including phenoxy) is 3. The molecule has 0 aromatic heterocycles. The van der Waals surface area contributed by atoms with E-state index in [9.17, 15) is 49.1 Å². The Balaban J connectivity index is 2.17. The van der Waals surface area contributed by atoms with Crippen LogP contribution in [0.2, 0.25) is 0 Å². The summed E-state index contributed by atoms with van der Waals surface area (Å²) < 4.78 is 130. The van der Waals surface area contributed by atoms with Crippen molar-refractivity contribution >= 4 is 11.9 Å². The number of carbonyl (C=O) groups excluding carboxylic acids is 1. The summed E-state index contributed by atoms with van der Waals surface area (Å²) in [5.74, 6) is -3.25. The molecule has 1 N–H and O–H groups in total. The van der Waals surface area contributed by atoms with Gasteiger partial charge in [-0.1, -0.05) is 30.3 Å². The van der Waals surface area contributed by atoms with Gasteiger partial charge in [0.1, 0.15) is 24.2 Å². The van der Waals surface area contributed by atoms with Crippen molar-refractivity contribution in [3.05, 3.63) is 59.7 Å². The number of aryl methyl sites for hydroxylation is 2. The number of hydrogen-bond acceptors (Lipinski definition) is 6. The van der Waals surface area contributed by atoms with Crippen molar-refractivity contribution in [1.29, 1.82) is 0 Å². The molecule has 0 radical (unpaired) electrons. The van der Waals surface area contributed by atoms with E-state index in [0.29, 0.717) is 11.1 Å². The number of esters is 1. The summed E-state index contributed by atoms with van der Waals surface area (Å²) >= 11 is 0. The molecule has 0 bridgehead atoms. The molecule has 0 saturated carbocycles. The van der Waals surface area contributed by atoms with Crippen molar-refractivity contribution in [2.75, 3.05) is 13.2 Å². The van der Waals surface area contributed by atoms with Crippen molar-refractivity contribution in [2.45, 2.75) is 50.8 Å². The first-order valence-electron chi connectivity index (χ1n) is 11.3. The molecule has 222 valence electrons. The lowest BCUT2D eigenvalue weighted by Gasteiger charge is -2.30. The topological polar surface area (TPSA) is 85.3 Å². The lowest BCUT2D eigenvalue weighted by molar-refractivity contribution is -0.376. The number of hydrogen-bond donors (Lipinski definition) is 1. The molecule has 1 atom stereocenters. The number of aliphatic carboxylic acids is 1. The van der Waals surface area contributed by atoms with E-state index in [1.807, 2.05) is 0 Å². The maximum Gasteiger partial charge on any atom is 0.573 e. The Hall–Kier alpha value is -3.69. The Kier molecular flexibility index (Phi) is 11.0. The van der Waals surface area contributed by atoms with Crippen LogP contribution in [0.3, 0.4) is 0 Å². The van der Waals surface area contributed by atoms with Gasteiger partial charge in [0, 0.05) is 0 Å². The zero-order chi connectivity index (χ0) is 30.1. The summed E-state index contributed by atoms with van der Waals surface area (Å²) in [7, 11) is 0. The van der Waals surface area contributed by atoms with Gasteiger partial charge in [0.2, 0.25) is 0 Å². The fraction of sp³-hybridized carbons (Fsp3) is 0.417. The molecule has 40 heavy (non-hydrogen) atoms. The van der Waals surface area contributed by atoms with Crippen LogP contribution >= 0.6 is 0 Å². The fourth-order valence-electron chi connectivity index (χ4n) is 3.34. The highest BCUT2D eigenvalue weighted by atomic mass is 19.4. The van der Waals surface area contributed by atoms with Crippen molar-refractivity contribution in [1.82, 2.24) is 4.90 Å². The lowest BCUT2D eigenvalue weighted by atomic mass is 10.0. The number of nitrogens with zero attached hydrogens (tertiary/aromatic N) is 1. The summed E-state index contributed by atoms with van der Waals surface area (Å²) in [5, 5.41) is 8.64. The molecule has 0 fully saturated rings. The van der Waals surface area contributed by atoms with Gasteiger partial charge in [0.15, 0.2) is 0 Å². The van der Waals surface area contributed by atoms with E-state index < -0.39 is 73.6 Å². The first-order valence-corrected chi connectivity index (χ1v) is 11.3. The predicted octanol–water partition coefficient (Wildman–Crippen LogP) is 5.87. The van der Waals surface area contributed by atoms with E-state index in [1.54, 1.807) is 6.07 Å². The first-order chi connectivity index (χ1) is 18.4.